The van der Waals surface area contributed by atoms with Crippen molar-refractivity contribution in [2.75, 3.05) is 26.7 Å². The number of benzene rings is 1. The number of morpholine rings is 1. The molecule has 132 valence electrons. The van der Waals surface area contributed by atoms with Crippen LogP contribution in [0, 0.1) is 5.82 Å². The second-order valence-electron chi connectivity index (χ2n) is 6.70. The highest BCUT2D eigenvalue weighted by molar-refractivity contribution is 5.83. The molecule has 2 aromatic rings. The van der Waals surface area contributed by atoms with Crippen LogP contribution < -0.4 is 0 Å². The Morgan fingerprint density at radius 1 is 1.36 bits per heavy atom. The molecular weight excluding hydrogens is 325 g/mol. The van der Waals surface area contributed by atoms with Crippen LogP contribution in [-0.2, 0) is 20.9 Å². The second kappa shape index (κ2) is 6.15. The van der Waals surface area contributed by atoms with Gasteiger partial charge in [-0.15, -0.1) is 0 Å². The average molecular weight is 345 g/mol. The maximum absolute atomic E-state index is 13.5. The Hall–Kier alpha value is -2.41. The molecule has 2 aliphatic rings. The first kappa shape index (κ1) is 16.1. The molecule has 0 aliphatic carbocycles. The Kier molecular flexibility index (Phi) is 3.95. The summed E-state index contributed by atoms with van der Waals surface area (Å²) in [7, 11) is 1.76. The highest BCUT2D eigenvalue weighted by atomic mass is 19.1. The molecule has 0 unspecified atom stereocenters. The Bertz CT molecular complexity index is 834. The minimum absolute atomic E-state index is 0.00625. The summed E-state index contributed by atoms with van der Waals surface area (Å²) < 4.78 is 20.8. The zero-order valence-electron chi connectivity index (χ0n) is 14.0. The molecule has 2 amide bonds. The fraction of sp³-hybridized carbons (Fsp3) is 0.444. The molecule has 2 aliphatic heterocycles. The number of fused-ring (bicyclic) bond motifs is 2. The lowest BCUT2D eigenvalue weighted by Gasteiger charge is -2.45. The maximum atomic E-state index is 13.5. The first-order chi connectivity index (χ1) is 12.0. The summed E-state index contributed by atoms with van der Waals surface area (Å²) in [6, 6.07) is 6.33. The second-order valence-corrected chi connectivity index (χ2v) is 6.70. The number of aromatic nitrogens is 1. The van der Waals surface area contributed by atoms with Crippen LogP contribution in [0.2, 0.25) is 0 Å². The third-order valence-corrected chi connectivity index (χ3v) is 5.23. The zero-order chi connectivity index (χ0) is 17.6. The molecule has 1 aromatic carbocycles. The van der Waals surface area contributed by atoms with Crippen LogP contribution in [0.1, 0.15) is 6.42 Å². The third-order valence-electron chi connectivity index (χ3n) is 5.23. The Morgan fingerprint density at radius 2 is 2.20 bits per heavy atom. The van der Waals surface area contributed by atoms with Gasteiger partial charge in [-0.2, -0.15) is 0 Å². The van der Waals surface area contributed by atoms with Crippen molar-refractivity contribution in [2.45, 2.75) is 25.1 Å². The van der Waals surface area contributed by atoms with Gasteiger partial charge in [-0.25, -0.2) is 4.39 Å². The molecule has 0 spiro atoms. The maximum Gasteiger partial charge on any atom is 0.248 e. The van der Waals surface area contributed by atoms with Crippen LogP contribution in [0.15, 0.2) is 30.5 Å². The van der Waals surface area contributed by atoms with Crippen molar-refractivity contribution in [1.82, 2.24) is 14.4 Å². The molecule has 7 heteroatoms. The summed E-state index contributed by atoms with van der Waals surface area (Å²) in [5.74, 6) is -0.408. The van der Waals surface area contributed by atoms with Crippen molar-refractivity contribution < 1.29 is 18.7 Å². The standard InChI is InChI=1S/C18H20FN3O3/c1-20-15-9-22(7-5-16(15)25-11-18(20)24)17(23)10-21-6-4-12-2-3-13(19)8-14(12)21/h2-4,6,8,15-16H,5,7,9-11H2,1H3/t15-,16+/m0/s1. The smallest absolute Gasteiger partial charge is 0.248 e. The van der Waals surface area contributed by atoms with Crippen molar-refractivity contribution in [2.24, 2.45) is 0 Å². The summed E-state index contributed by atoms with van der Waals surface area (Å²) in [5, 5.41) is 0.902. The third kappa shape index (κ3) is 2.89. The van der Waals surface area contributed by atoms with E-state index < -0.39 is 0 Å². The van der Waals surface area contributed by atoms with E-state index in [-0.39, 0.29) is 42.9 Å². The molecule has 0 N–H and O–H groups in total. The summed E-state index contributed by atoms with van der Waals surface area (Å²) in [5.41, 5.74) is 0.705. The number of carbonyl (C=O) groups excluding carboxylic acids is 2. The highest BCUT2D eigenvalue weighted by Gasteiger charge is 2.39. The first-order valence-corrected chi connectivity index (χ1v) is 8.42. The van der Waals surface area contributed by atoms with Gasteiger partial charge in [-0.3, -0.25) is 9.59 Å². The van der Waals surface area contributed by atoms with E-state index in [4.69, 9.17) is 4.74 Å². The van der Waals surface area contributed by atoms with Crippen LogP contribution in [0.25, 0.3) is 10.9 Å². The normalized spacial score (nSPS) is 23.8. The van der Waals surface area contributed by atoms with Gasteiger partial charge in [0.2, 0.25) is 11.8 Å². The minimum atomic E-state index is -0.319. The summed E-state index contributed by atoms with van der Waals surface area (Å²) in [4.78, 5) is 28.0. The van der Waals surface area contributed by atoms with Crippen molar-refractivity contribution in [3.05, 3.63) is 36.3 Å². The van der Waals surface area contributed by atoms with E-state index in [1.54, 1.807) is 33.7 Å². The van der Waals surface area contributed by atoms with Crippen molar-refractivity contribution >= 4 is 22.7 Å². The number of likely N-dealkylation sites (tertiary alicyclic amines) is 1. The highest BCUT2D eigenvalue weighted by Crippen LogP contribution is 2.23. The summed E-state index contributed by atoms with van der Waals surface area (Å²) in [6.45, 7) is 1.35. The molecule has 0 bridgehead atoms. The predicted molar refractivity (Wildman–Crippen MR) is 89.4 cm³/mol. The topological polar surface area (TPSA) is 54.8 Å². The van der Waals surface area contributed by atoms with Crippen molar-refractivity contribution in [3.63, 3.8) is 0 Å². The fourth-order valence-corrected chi connectivity index (χ4v) is 3.71. The number of ether oxygens (including phenoxy) is 1. The van der Waals surface area contributed by atoms with Crippen molar-refractivity contribution in [1.29, 1.82) is 0 Å². The van der Waals surface area contributed by atoms with E-state index in [9.17, 15) is 14.0 Å². The number of nitrogens with zero attached hydrogens (tertiary/aromatic N) is 3. The van der Waals surface area contributed by atoms with E-state index in [2.05, 4.69) is 0 Å². The van der Waals surface area contributed by atoms with Gasteiger partial charge in [0, 0.05) is 26.3 Å². The van der Waals surface area contributed by atoms with Crippen LogP contribution in [-0.4, -0.2) is 65.1 Å². The van der Waals surface area contributed by atoms with Crippen molar-refractivity contribution in [3.8, 4) is 0 Å². The van der Waals surface area contributed by atoms with Gasteiger partial charge in [-0.1, -0.05) is 0 Å². The lowest BCUT2D eigenvalue weighted by molar-refractivity contribution is -0.163. The number of piperidine rings is 1. The van der Waals surface area contributed by atoms with E-state index in [0.29, 0.717) is 18.6 Å². The quantitative estimate of drug-likeness (QED) is 0.823. The molecule has 2 fully saturated rings. The molecule has 6 nitrogen and oxygen atoms in total. The monoisotopic (exact) mass is 345 g/mol. The van der Waals surface area contributed by atoms with Gasteiger partial charge >= 0.3 is 0 Å². The SMILES string of the molecule is CN1C(=O)CO[C@@H]2CCN(C(=O)Cn3ccc4ccc(F)cc43)C[C@@H]21. The van der Waals surface area contributed by atoms with E-state index in [1.165, 1.54) is 12.1 Å². The Morgan fingerprint density at radius 3 is 3.04 bits per heavy atom. The van der Waals surface area contributed by atoms with Gasteiger partial charge < -0.3 is 19.1 Å². The molecular formula is C18H20FN3O3. The molecule has 0 saturated carbocycles. The molecule has 2 saturated heterocycles. The number of likely N-dealkylation sites (N-methyl/N-ethyl adjacent to an activating group) is 1. The number of rotatable bonds is 2. The number of hydrogen-bond acceptors (Lipinski definition) is 3. The van der Waals surface area contributed by atoms with Crippen LogP contribution in [0.4, 0.5) is 4.39 Å². The van der Waals surface area contributed by atoms with E-state index >= 15 is 0 Å². The van der Waals surface area contributed by atoms with Crippen LogP contribution in [0.3, 0.4) is 0 Å². The summed E-state index contributed by atoms with van der Waals surface area (Å²) in [6.07, 6.45) is 2.51. The molecule has 2 atom stereocenters. The van der Waals surface area contributed by atoms with Gasteiger partial charge in [0.1, 0.15) is 19.0 Å². The van der Waals surface area contributed by atoms with Gasteiger partial charge in [0.05, 0.1) is 17.7 Å². The van der Waals surface area contributed by atoms with E-state index in [1.807, 2.05) is 6.07 Å². The molecule has 1 aromatic heterocycles. The minimum Gasteiger partial charge on any atom is -0.366 e. The summed E-state index contributed by atoms with van der Waals surface area (Å²) >= 11 is 0. The van der Waals surface area contributed by atoms with Crippen LogP contribution in [0.5, 0.6) is 0 Å². The number of hydrogen-bond donors (Lipinski definition) is 0. The number of halogens is 1. The lowest BCUT2D eigenvalue weighted by Crippen LogP contribution is -2.61. The Balaban J connectivity index is 1.49. The predicted octanol–water partition coefficient (Wildman–Crippen LogP) is 1.24. The Labute approximate surface area is 144 Å². The van der Waals surface area contributed by atoms with Gasteiger partial charge in [-0.05, 0) is 36.1 Å². The molecule has 4 rings (SSSR count). The largest absolute Gasteiger partial charge is 0.366 e. The van der Waals surface area contributed by atoms with Crippen LogP contribution >= 0.6 is 0 Å². The lowest BCUT2D eigenvalue weighted by atomic mass is 9.99. The zero-order valence-corrected chi connectivity index (χ0v) is 14.0. The first-order valence-electron chi connectivity index (χ1n) is 8.42. The number of carbonyl (C=O) groups is 2. The molecule has 0 radical (unpaired) electrons. The van der Waals surface area contributed by atoms with Gasteiger partial charge in [0.25, 0.3) is 0 Å². The average Bonchev–Trinajstić information content (AvgIpc) is 3.00. The van der Waals surface area contributed by atoms with E-state index in [0.717, 1.165) is 11.8 Å². The van der Waals surface area contributed by atoms with Gasteiger partial charge in [0.15, 0.2) is 0 Å². The fourth-order valence-electron chi connectivity index (χ4n) is 3.71. The number of amides is 2. The molecule has 3 heterocycles. The molecule has 25 heavy (non-hydrogen) atoms.